The molecule has 2 rings (SSSR count). The zero-order valence-electron chi connectivity index (χ0n) is 15.5. The van der Waals surface area contributed by atoms with E-state index in [4.69, 9.17) is 28.6 Å². The molecule has 0 aliphatic rings. The van der Waals surface area contributed by atoms with Crippen molar-refractivity contribution >= 4 is 40.7 Å². The Labute approximate surface area is 174 Å². The third-order valence-corrected chi connectivity index (χ3v) is 4.29. The van der Waals surface area contributed by atoms with Crippen molar-refractivity contribution < 1.29 is 14.3 Å². The number of hydrogen-bond acceptors (Lipinski definition) is 4. The number of aryl methyl sites for hydroxylation is 1. The summed E-state index contributed by atoms with van der Waals surface area (Å²) in [5.41, 5.74) is 6.24. The third-order valence-electron chi connectivity index (χ3n) is 3.72. The first-order chi connectivity index (χ1) is 13.5. The predicted molar refractivity (Wildman–Crippen MR) is 113 cm³/mol. The van der Waals surface area contributed by atoms with Crippen LogP contribution in [0.5, 0.6) is 5.75 Å². The van der Waals surface area contributed by atoms with E-state index in [-0.39, 0.29) is 17.4 Å². The molecule has 0 radical (unpaired) electrons. The van der Waals surface area contributed by atoms with Gasteiger partial charge in [0.05, 0.1) is 12.2 Å². The summed E-state index contributed by atoms with van der Waals surface area (Å²) in [6.45, 7) is 2.49. The highest BCUT2D eigenvalue weighted by Crippen LogP contribution is 2.18. The van der Waals surface area contributed by atoms with Crippen molar-refractivity contribution in [3.8, 4) is 5.75 Å². The van der Waals surface area contributed by atoms with Gasteiger partial charge in [0.25, 0.3) is 5.91 Å². The van der Waals surface area contributed by atoms with Crippen molar-refractivity contribution in [2.75, 3.05) is 6.61 Å². The van der Waals surface area contributed by atoms with E-state index in [0.717, 1.165) is 12.0 Å². The maximum Gasteiger partial charge on any atom is 0.273 e. The number of nitrogens with one attached hydrogen (secondary N) is 3. The fourth-order valence-electron chi connectivity index (χ4n) is 2.34. The fourth-order valence-corrected chi connectivity index (χ4v) is 2.74. The standard InChI is InChI=1S/C20H22ClN3O3S/c1-2-13-27-17-10-6-4-8-15(17)19(26)23-24-20(28)22-18(25)12-11-14-7-3-5-9-16(14)21/h3-10H,2,11-13H2,1H3,(H,23,26)(H2,22,24,25,28). The first-order valence-electron chi connectivity index (χ1n) is 8.86. The Kier molecular flexibility index (Phi) is 8.71. The van der Waals surface area contributed by atoms with Crippen LogP contribution in [0.4, 0.5) is 0 Å². The van der Waals surface area contributed by atoms with Crippen LogP contribution >= 0.6 is 23.8 Å². The lowest BCUT2D eigenvalue weighted by Gasteiger charge is -2.13. The van der Waals surface area contributed by atoms with Crippen LogP contribution in [0, 0.1) is 0 Å². The molecule has 0 unspecified atom stereocenters. The first-order valence-corrected chi connectivity index (χ1v) is 9.65. The van der Waals surface area contributed by atoms with Gasteiger partial charge in [-0.05, 0) is 48.8 Å². The summed E-state index contributed by atoms with van der Waals surface area (Å²) >= 11 is 11.1. The van der Waals surface area contributed by atoms with Crippen LogP contribution in [0.15, 0.2) is 48.5 Å². The third kappa shape index (κ3) is 6.83. The lowest BCUT2D eigenvalue weighted by Crippen LogP contribution is -2.48. The van der Waals surface area contributed by atoms with Crippen LogP contribution in [0.25, 0.3) is 0 Å². The zero-order chi connectivity index (χ0) is 20.4. The molecule has 0 atom stereocenters. The van der Waals surface area contributed by atoms with Gasteiger partial charge in [-0.3, -0.25) is 20.4 Å². The fraction of sp³-hybridized carbons (Fsp3) is 0.250. The van der Waals surface area contributed by atoms with E-state index in [0.29, 0.717) is 29.4 Å². The van der Waals surface area contributed by atoms with Crippen molar-refractivity contribution in [3.63, 3.8) is 0 Å². The number of carbonyl (C=O) groups excluding carboxylic acids is 2. The molecule has 2 aromatic rings. The molecule has 0 spiro atoms. The summed E-state index contributed by atoms with van der Waals surface area (Å²) in [4.78, 5) is 24.3. The minimum atomic E-state index is -0.417. The van der Waals surface area contributed by atoms with Crippen molar-refractivity contribution in [2.24, 2.45) is 0 Å². The molecule has 0 saturated heterocycles. The van der Waals surface area contributed by atoms with E-state index < -0.39 is 5.91 Å². The largest absolute Gasteiger partial charge is 0.493 e. The van der Waals surface area contributed by atoms with Crippen molar-refractivity contribution in [1.82, 2.24) is 16.2 Å². The second kappa shape index (κ2) is 11.3. The van der Waals surface area contributed by atoms with Crippen molar-refractivity contribution in [3.05, 3.63) is 64.7 Å². The minimum absolute atomic E-state index is 0.00414. The van der Waals surface area contributed by atoms with Crippen molar-refractivity contribution in [2.45, 2.75) is 26.2 Å². The van der Waals surface area contributed by atoms with E-state index in [2.05, 4.69) is 16.2 Å². The van der Waals surface area contributed by atoms with Crippen LogP contribution in [0.2, 0.25) is 5.02 Å². The molecule has 3 N–H and O–H groups in total. The van der Waals surface area contributed by atoms with Crippen LogP contribution < -0.4 is 20.9 Å². The molecular formula is C20H22ClN3O3S. The summed E-state index contributed by atoms with van der Waals surface area (Å²) in [5, 5.41) is 3.14. The second-order valence-electron chi connectivity index (χ2n) is 5.89. The molecule has 6 nitrogen and oxygen atoms in total. The van der Waals surface area contributed by atoms with Gasteiger partial charge < -0.3 is 10.1 Å². The Morgan fingerprint density at radius 2 is 1.79 bits per heavy atom. The number of ether oxygens (including phenoxy) is 1. The average molecular weight is 420 g/mol. The first kappa shape index (κ1) is 21.7. The molecule has 28 heavy (non-hydrogen) atoms. The number of hydrogen-bond donors (Lipinski definition) is 3. The second-order valence-corrected chi connectivity index (χ2v) is 6.71. The Bertz CT molecular complexity index is 845. The number of rotatable bonds is 7. The molecule has 2 amide bonds. The maximum atomic E-state index is 12.3. The Morgan fingerprint density at radius 3 is 2.54 bits per heavy atom. The molecule has 0 saturated carbocycles. The van der Waals surface area contributed by atoms with E-state index in [1.54, 1.807) is 30.3 Å². The van der Waals surface area contributed by atoms with E-state index in [1.807, 2.05) is 25.1 Å². The normalized spacial score (nSPS) is 10.1. The molecule has 0 aromatic heterocycles. The van der Waals surface area contributed by atoms with Gasteiger partial charge in [-0.2, -0.15) is 0 Å². The van der Waals surface area contributed by atoms with Gasteiger partial charge in [-0.15, -0.1) is 0 Å². The minimum Gasteiger partial charge on any atom is -0.493 e. The number of benzene rings is 2. The number of para-hydroxylation sites is 1. The summed E-state index contributed by atoms with van der Waals surface area (Å²) in [5.74, 6) is -0.212. The molecule has 148 valence electrons. The van der Waals surface area contributed by atoms with Crippen LogP contribution in [0.1, 0.15) is 35.7 Å². The zero-order valence-corrected chi connectivity index (χ0v) is 17.0. The number of halogens is 1. The number of hydrazine groups is 1. The molecule has 0 aliphatic heterocycles. The molecule has 0 aliphatic carbocycles. The molecule has 0 bridgehead atoms. The quantitative estimate of drug-likeness (QED) is 0.473. The number of carbonyl (C=O) groups is 2. The number of thiocarbonyl (C=S) groups is 1. The van der Waals surface area contributed by atoms with Gasteiger partial charge in [-0.25, -0.2) is 0 Å². The van der Waals surface area contributed by atoms with Gasteiger partial charge >= 0.3 is 0 Å². The highest BCUT2D eigenvalue weighted by Gasteiger charge is 2.13. The Morgan fingerprint density at radius 1 is 1.07 bits per heavy atom. The predicted octanol–water partition coefficient (Wildman–Crippen LogP) is 3.40. The Balaban J connectivity index is 1.79. The highest BCUT2D eigenvalue weighted by atomic mass is 35.5. The van der Waals surface area contributed by atoms with Gasteiger partial charge in [0.2, 0.25) is 5.91 Å². The topological polar surface area (TPSA) is 79.5 Å². The smallest absolute Gasteiger partial charge is 0.273 e. The molecule has 8 heteroatoms. The summed E-state index contributed by atoms with van der Waals surface area (Å²) in [6.07, 6.45) is 1.54. The molecule has 0 heterocycles. The number of amides is 2. The summed E-state index contributed by atoms with van der Waals surface area (Å²) in [7, 11) is 0. The molecular weight excluding hydrogens is 398 g/mol. The van der Waals surface area contributed by atoms with Gasteiger partial charge in [0.15, 0.2) is 5.11 Å². The lowest BCUT2D eigenvalue weighted by molar-refractivity contribution is -0.119. The van der Waals surface area contributed by atoms with E-state index >= 15 is 0 Å². The average Bonchev–Trinajstić information content (AvgIpc) is 2.70. The highest BCUT2D eigenvalue weighted by molar-refractivity contribution is 7.80. The van der Waals surface area contributed by atoms with E-state index in [1.165, 1.54) is 0 Å². The Hall–Kier alpha value is -2.64. The molecule has 0 fully saturated rings. The van der Waals surface area contributed by atoms with Crippen LogP contribution in [-0.2, 0) is 11.2 Å². The lowest BCUT2D eigenvalue weighted by atomic mass is 10.1. The summed E-state index contributed by atoms with van der Waals surface area (Å²) in [6, 6.07) is 14.2. The monoisotopic (exact) mass is 419 g/mol. The SMILES string of the molecule is CCCOc1ccccc1C(=O)NNC(=S)NC(=O)CCc1ccccc1Cl. The van der Waals surface area contributed by atoms with Gasteiger partial charge in [0.1, 0.15) is 5.75 Å². The van der Waals surface area contributed by atoms with Crippen molar-refractivity contribution in [1.29, 1.82) is 0 Å². The van der Waals surface area contributed by atoms with Gasteiger partial charge in [-0.1, -0.05) is 48.9 Å². The van der Waals surface area contributed by atoms with Crippen LogP contribution in [-0.4, -0.2) is 23.5 Å². The van der Waals surface area contributed by atoms with E-state index in [9.17, 15) is 9.59 Å². The van der Waals surface area contributed by atoms with Gasteiger partial charge in [0, 0.05) is 11.4 Å². The van der Waals surface area contributed by atoms with Crippen LogP contribution in [0.3, 0.4) is 0 Å². The maximum absolute atomic E-state index is 12.3. The summed E-state index contributed by atoms with van der Waals surface area (Å²) < 4.78 is 5.56. The molecule has 2 aromatic carbocycles.